The number of hydrogen-bond acceptors (Lipinski definition) is 7. The summed E-state index contributed by atoms with van der Waals surface area (Å²) >= 11 is 9.22. The zero-order chi connectivity index (χ0) is 19.3. The topological polar surface area (TPSA) is 102 Å². The largest absolute Gasteiger partial charge is 0.335 e. The van der Waals surface area contributed by atoms with E-state index in [-0.39, 0.29) is 5.56 Å². The first-order valence-electron chi connectivity index (χ1n) is 8.73. The summed E-state index contributed by atoms with van der Waals surface area (Å²) in [7, 11) is 0. The molecular weight excluding hydrogens is 416 g/mol. The van der Waals surface area contributed by atoms with Gasteiger partial charge < -0.3 is 10.8 Å². The number of fused-ring (bicyclic) bond motifs is 3. The molecule has 1 aromatic carbocycles. The summed E-state index contributed by atoms with van der Waals surface area (Å²) in [6.07, 6.45) is 3.13. The number of thiophene rings is 1. The van der Waals surface area contributed by atoms with Gasteiger partial charge in [0.15, 0.2) is 5.82 Å². The van der Waals surface area contributed by atoms with Crippen LogP contribution in [0, 0.1) is 0 Å². The van der Waals surface area contributed by atoms with Crippen molar-refractivity contribution in [3.63, 3.8) is 0 Å². The Bertz CT molecular complexity index is 1260. The second kappa shape index (κ2) is 6.91. The van der Waals surface area contributed by atoms with Crippen molar-refractivity contribution >= 4 is 44.9 Å². The van der Waals surface area contributed by atoms with Crippen molar-refractivity contribution in [2.24, 2.45) is 0 Å². The Balaban J connectivity index is 1.41. The molecule has 142 valence electrons. The number of aromatic amines is 1. The van der Waals surface area contributed by atoms with Crippen molar-refractivity contribution in [1.82, 2.24) is 24.8 Å². The van der Waals surface area contributed by atoms with Crippen molar-refractivity contribution in [3.8, 4) is 11.4 Å². The molecule has 5 rings (SSSR count). The SMILES string of the molecule is Nn1c(SCc2nc3sc4c(c3c(=O)[nH]2)CCC4)nnc1-c1ccccc1Cl. The summed E-state index contributed by atoms with van der Waals surface area (Å²) in [5.74, 6) is 7.68. The van der Waals surface area contributed by atoms with Crippen LogP contribution < -0.4 is 11.4 Å². The van der Waals surface area contributed by atoms with Gasteiger partial charge in [-0.25, -0.2) is 9.66 Å². The Labute approximate surface area is 172 Å². The Morgan fingerprint density at radius 1 is 1.29 bits per heavy atom. The molecule has 3 heterocycles. The Hall–Kier alpha value is -2.36. The lowest BCUT2D eigenvalue weighted by atomic mass is 10.2. The normalized spacial score (nSPS) is 13.3. The average Bonchev–Trinajstić information content (AvgIpc) is 3.35. The maximum Gasteiger partial charge on any atom is 0.259 e. The second-order valence-electron chi connectivity index (χ2n) is 6.49. The molecule has 0 spiro atoms. The number of nitrogens with zero attached hydrogens (tertiary/aromatic N) is 4. The van der Waals surface area contributed by atoms with E-state index in [1.165, 1.54) is 26.9 Å². The standard InChI is InChI=1S/C18H15ClN6OS2/c19-11-6-2-1-4-9(11)15-23-24-18(25(15)20)27-8-13-21-16(26)14-10-5-3-7-12(10)28-17(14)22-13/h1-2,4,6H,3,5,7-8,20H2,(H,21,22,26). The smallest absolute Gasteiger partial charge is 0.259 e. The van der Waals surface area contributed by atoms with Crippen LogP contribution in [0.25, 0.3) is 21.6 Å². The fraction of sp³-hybridized carbons (Fsp3) is 0.222. The van der Waals surface area contributed by atoms with E-state index < -0.39 is 0 Å². The van der Waals surface area contributed by atoms with Crippen LogP contribution >= 0.6 is 34.7 Å². The molecule has 10 heteroatoms. The molecule has 1 aliphatic carbocycles. The molecule has 0 atom stereocenters. The van der Waals surface area contributed by atoms with Crippen molar-refractivity contribution in [2.45, 2.75) is 30.2 Å². The molecule has 3 aromatic heterocycles. The first kappa shape index (κ1) is 17.7. The summed E-state index contributed by atoms with van der Waals surface area (Å²) in [6, 6.07) is 7.33. The van der Waals surface area contributed by atoms with E-state index in [1.807, 2.05) is 18.2 Å². The molecule has 0 unspecified atom stereocenters. The molecule has 0 amide bonds. The van der Waals surface area contributed by atoms with Crippen LogP contribution in [0.5, 0.6) is 0 Å². The van der Waals surface area contributed by atoms with E-state index in [2.05, 4.69) is 20.2 Å². The van der Waals surface area contributed by atoms with Gasteiger partial charge in [-0.2, -0.15) is 0 Å². The third kappa shape index (κ3) is 2.90. The number of halogens is 1. The number of nitrogens with one attached hydrogen (secondary N) is 1. The number of nitrogen functional groups attached to an aromatic ring is 1. The number of aromatic nitrogens is 5. The molecule has 0 bridgehead atoms. The van der Waals surface area contributed by atoms with Gasteiger partial charge in [0.2, 0.25) is 5.16 Å². The summed E-state index contributed by atoms with van der Waals surface area (Å²) in [4.78, 5) is 22.2. The molecule has 3 N–H and O–H groups in total. The molecule has 0 aliphatic heterocycles. The summed E-state index contributed by atoms with van der Waals surface area (Å²) in [6.45, 7) is 0. The van der Waals surface area contributed by atoms with Crippen molar-refractivity contribution < 1.29 is 0 Å². The number of rotatable bonds is 4. The van der Waals surface area contributed by atoms with Gasteiger partial charge in [0.1, 0.15) is 10.7 Å². The molecule has 1 aliphatic rings. The van der Waals surface area contributed by atoms with Gasteiger partial charge in [-0.3, -0.25) is 4.79 Å². The van der Waals surface area contributed by atoms with Gasteiger partial charge in [-0.1, -0.05) is 35.5 Å². The summed E-state index contributed by atoms with van der Waals surface area (Å²) < 4.78 is 1.40. The number of nitrogens with two attached hydrogens (primary N) is 1. The van der Waals surface area contributed by atoms with Gasteiger partial charge in [-0.15, -0.1) is 21.5 Å². The van der Waals surface area contributed by atoms with Crippen molar-refractivity contribution in [1.29, 1.82) is 0 Å². The maximum absolute atomic E-state index is 12.6. The van der Waals surface area contributed by atoms with Crippen LogP contribution in [0.15, 0.2) is 34.2 Å². The van der Waals surface area contributed by atoms with E-state index in [1.54, 1.807) is 17.4 Å². The Morgan fingerprint density at radius 3 is 3.00 bits per heavy atom. The Morgan fingerprint density at radius 2 is 2.14 bits per heavy atom. The second-order valence-corrected chi connectivity index (χ2v) is 8.93. The highest BCUT2D eigenvalue weighted by Gasteiger charge is 2.21. The number of H-pyrrole nitrogens is 1. The van der Waals surface area contributed by atoms with E-state index in [9.17, 15) is 4.79 Å². The average molecular weight is 431 g/mol. The lowest BCUT2D eigenvalue weighted by molar-refractivity contribution is 0.848. The predicted octanol–water partition coefficient (Wildman–Crippen LogP) is 3.39. The minimum absolute atomic E-state index is 0.0639. The number of benzene rings is 1. The van der Waals surface area contributed by atoms with Gasteiger partial charge in [0.25, 0.3) is 5.56 Å². The third-order valence-electron chi connectivity index (χ3n) is 4.74. The van der Waals surface area contributed by atoms with E-state index >= 15 is 0 Å². The van der Waals surface area contributed by atoms with Crippen LogP contribution in [-0.4, -0.2) is 24.8 Å². The first-order chi connectivity index (χ1) is 13.6. The molecule has 0 radical (unpaired) electrons. The zero-order valence-corrected chi connectivity index (χ0v) is 17.0. The van der Waals surface area contributed by atoms with E-state index in [4.69, 9.17) is 17.4 Å². The van der Waals surface area contributed by atoms with Crippen molar-refractivity contribution in [2.75, 3.05) is 5.84 Å². The number of thioether (sulfide) groups is 1. The summed E-state index contributed by atoms with van der Waals surface area (Å²) in [5.41, 5.74) is 1.83. The minimum Gasteiger partial charge on any atom is -0.335 e. The van der Waals surface area contributed by atoms with E-state index in [0.29, 0.717) is 33.1 Å². The molecule has 0 fully saturated rings. The number of hydrogen-bond donors (Lipinski definition) is 2. The van der Waals surface area contributed by atoms with Gasteiger partial charge in [0.05, 0.1) is 16.2 Å². The molecule has 0 saturated heterocycles. The lowest BCUT2D eigenvalue weighted by Crippen LogP contribution is -2.13. The van der Waals surface area contributed by atoms with Crippen LogP contribution in [0.1, 0.15) is 22.7 Å². The molecule has 28 heavy (non-hydrogen) atoms. The van der Waals surface area contributed by atoms with Crippen LogP contribution in [0.2, 0.25) is 5.02 Å². The Kier molecular flexibility index (Phi) is 4.37. The van der Waals surface area contributed by atoms with Crippen LogP contribution in [0.4, 0.5) is 0 Å². The maximum atomic E-state index is 12.6. The first-order valence-corrected chi connectivity index (χ1v) is 10.9. The molecule has 0 saturated carbocycles. The minimum atomic E-state index is -0.0639. The van der Waals surface area contributed by atoms with Crippen LogP contribution in [-0.2, 0) is 18.6 Å². The monoisotopic (exact) mass is 430 g/mol. The van der Waals surface area contributed by atoms with Crippen LogP contribution in [0.3, 0.4) is 0 Å². The fourth-order valence-corrected chi connectivity index (χ4v) is 5.68. The van der Waals surface area contributed by atoms with Crippen molar-refractivity contribution in [3.05, 3.63) is 55.9 Å². The van der Waals surface area contributed by atoms with E-state index in [0.717, 1.165) is 29.5 Å². The predicted molar refractivity (Wildman–Crippen MR) is 112 cm³/mol. The highest BCUT2D eigenvalue weighted by molar-refractivity contribution is 7.98. The molecule has 7 nitrogen and oxygen atoms in total. The quantitative estimate of drug-likeness (QED) is 0.380. The molecule has 4 aromatic rings. The molecular formula is C18H15ClN6OS2. The third-order valence-corrected chi connectivity index (χ3v) is 7.21. The summed E-state index contributed by atoms with van der Waals surface area (Å²) in [5, 5.41) is 10.1. The fourth-order valence-electron chi connectivity index (χ4n) is 3.45. The van der Waals surface area contributed by atoms with Gasteiger partial charge >= 0.3 is 0 Å². The highest BCUT2D eigenvalue weighted by Crippen LogP contribution is 2.35. The zero-order valence-electron chi connectivity index (χ0n) is 14.6. The van der Waals surface area contributed by atoms with Gasteiger partial charge in [0, 0.05) is 10.4 Å². The van der Waals surface area contributed by atoms with Gasteiger partial charge in [-0.05, 0) is 37.0 Å². The lowest BCUT2D eigenvalue weighted by Gasteiger charge is -2.05. The number of aryl methyl sites for hydroxylation is 2. The highest BCUT2D eigenvalue weighted by atomic mass is 35.5.